The number of rotatable bonds is 2. The molecule has 1 N–H and O–H groups in total. The van der Waals surface area contributed by atoms with Crippen LogP contribution >= 0.6 is 15.9 Å². The third-order valence-electron chi connectivity index (χ3n) is 1.80. The van der Waals surface area contributed by atoms with Gasteiger partial charge in [-0.05, 0) is 18.2 Å². The van der Waals surface area contributed by atoms with Crippen molar-refractivity contribution in [2.24, 2.45) is 0 Å². The molecule has 0 fully saturated rings. The molecular formula is C9H8BrF3O2. The van der Waals surface area contributed by atoms with Gasteiger partial charge in [-0.2, -0.15) is 13.2 Å². The summed E-state index contributed by atoms with van der Waals surface area (Å²) in [5.41, 5.74) is -0.306. The molecule has 1 atom stereocenters. The Morgan fingerprint density at radius 2 is 2.00 bits per heavy atom. The van der Waals surface area contributed by atoms with Crippen LogP contribution in [0.1, 0.15) is 11.7 Å². The summed E-state index contributed by atoms with van der Waals surface area (Å²) in [5.74, 6) is 0.00280. The van der Waals surface area contributed by atoms with Gasteiger partial charge in [0.05, 0.1) is 7.11 Å². The Kier molecular flexibility index (Phi) is 3.62. The van der Waals surface area contributed by atoms with Gasteiger partial charge in [-0.15, -0.1) is 0 Å². The Hall–Kier alpha value is -0.750. The van der Waals surface area contributed by atoms with Crippen molar-refractivity contribution in [3.63, 3.8) is 0 Å². The molecule has 0 saturated heterocycles. The van der Waals surface area contributed by atoms with E-state index in [1.807, 2.05) is 0 Å². The normalized spacial score (nSPS) is 13.7. The largest absolute Gasteiger partial charge is 0.496 e. The van der Waals surface area contributed by atoms with Crippen LogP contribution in [0.2, 0.25) is 0 Å². The van der Waals surface area contributed by atoms with Gasteiger partial charge in [0.15, 0.2) is 6.10 Å². The highest BCUT2D eigenvalue weighted by atomic mass is 79.9. The molecule has 84 valence electrons. The van der Waals surface area contributed by atoms with Gasteiger partial charge in [-0.25, -0.2) is 0 Å². The summed E-state index contributed by atoms with van der Waals surface area (Å²) in [7, 11) is 1.25. The van der Waals surface area contributed by atoms with Crippen molar-refractivity contribution in [1.29, 1.82) is 0 Å². The number of ether oxygens (including phenoxy) is 1. The molecule has 0 heterocycles. The van der Waals surface area contributed by atoms with Crippen LogP contribution in [0.15, 0.2) is 22.7 Å². The van der Waals surface area contributed by atoms with E-state index in [9.17, 15) is 13.2 Å². The van der Waals surface area contributed by atoms with E-state index >= 15 is 0 Å². The molecule has 0 spiro atoms. The third-order valence-corrected chi connectivity index (χ3v) is 2.29. The molecule has 0 amide bonds. The molecule has 1 aromatic carbocycles. The number of benzene rings is 1. The van der Waals surface area contributed by atoms with Crippen LogP contribution in [0.5, 0.6) is 5.75 Å². The maximum absolute atomic E-state index is 12.3. The minimum absolute atomic E-state index is 0.00280. The van der Waals surface area contributed by atoms with Crippen LogP contribution in [0, 0.1) is 0 Å². The molecule has 0 radical (unpaired) electrons. The molecule has 1 rings (SSSR count). The lowest BCUT2D eigenvalue weighted by molar-refractivity contribution is -0.207. The van der Waals surface area contributed by atoms with Crippen LogP contribution in [0.25, 0.3) is 0 Å². The molecule has 2 nitrogen and oxygen atoms in total. The van der Waals surface area contributed by atoms with E-state index in [2.05, 4.69) is 15.9 Å². The zero-order chi connectivity index (χ0) is 11.6. The highest BCUT2D eigenvalue weighted by Gasteiger charge is 2.40. The van der Waals surface area contributed by atoms with Crippen LogP contribution in [-0.4, -0.2) is 18.4 Å². The van der Waals surface area contributed by atoms with Crippen molar-refractivity contribution in [2.45, 2.75) is 12.3 Å². The van der Waals surface area contributed by atoms with E-state index in [-0.39, 0.29) is 11.3 Å². The average molecular weight is 285 g/mol. The first-order valence-electron chi connectivity index (χ1n) is 3.94. The smallest absolute Gasteiger partial charge is 0.418 e. The van der Waals surface area contributed by atoms with Gasteiger partial charge >= 0.3 is 6.18 Å². The maximum atomic E-state index is 12.3. The second-order valence-electron chi connectivity index (χ2n) is 2.83. The van der Waals surface area contributed by atoms with Gasteiger partial charge in [0.25, 0.3) is 0 Å². The highest BCUT2D eigenvalue weighted by molar-refractivity contribution is 9.10. The van der Waals surface area contributed by atoms with Crippen molar-refractivity contribution in [1.82, 2.24) is 0 Å². The van der Waals surface area contributed by atoms with E-state index in [4.69, 9.17) is 9.84 Å². The summed E-state index contributed by atoms with van der Waals surface area (Å²) in [4.78, 5) is 0. The summed E-state index contributed by atoms with van der Waals surface area (Å²) in [6.45, 7) is 0. The minimum Gasteiger partial charge on any atom is -0.496 e. The number of hydrogen-bond donors (Lipinski definition) is 1. The van der Waals surface area contributed by atoms with Gasteiger partial charge < -0.3 is 9.84 Å². The SMILES string of the molecule is COc1ccc(Br)cc1[C@@H](O)C(F)(F)F. The summed E-state index contributed by atoms with van der Waals surface area (Å²) in [6, 6.07) is 4.07. The molecule has 0 aliphatic heterocycles. The topological polar surface area (TPSA) is 29.5 Å². The molecule has 0 unspecified atom stereocenters. The van der Waals surface area contributed by atoms with Gasteiger partial charge in [-0.1, -0.05) is 15.9 Å². The summed E-state index contributed by atoms with van der Waals surface area (Å²) in [6.07, 6.45) is -7.24. The van der Waals surface area contributed by atoms with Crippen molar-refractivity contribution in [3.05, 3.63) is 28.2 Å². The minimum atomic E-state index is -4.70. The summed E-state index contributed by atoms with van der Waals surface area (Å²) >= 11 is 3.03. The van der Waals surface area contributed by atoms with E-state index in [0.717, 1.165) is 0 Å². The van der Waals surface area contributed by atoms with Crippen LogP contribution in [0.3, 0.4) is 0 Å². The van der Waals surface area contributed by atoms with E-state index < -0.39 is 12.3 Å². The molecule has 1 aromatic rings. The number of methoxy groups -OCH3 is 1. The fourth-order valence-electron chi connectivity index (χ4n) is 1.10. The maximum Gasteiger partial charge on any atom is 0.418 e. The Bertz CT molecular complexity index is 352. The predicted octanol–water partition coefficient (Wildman–Crippen LogP) is 3.05. The van der Waals surface area contributed by atoms with Crippen molar-refractivity contribution >= 4 is 15.9 Å². The molecule has 0 aromatic heterocycles. The Morgan fingerprint density at radius 1 is 1.40 bits per heavy atom. The lowest BCUT2D eigenvalue weighted by Gasteiger charge is -2.17. The molecule has 15 heavy (non-hydrogen) atoms. The van der Waals surface area contributed by atoms with Crippen molar-refractivity contribution in [2.75, 3.05) is 7.11 Å². The molecule has 0 aliphatic carbocycles. The zero-order valence-electron chi connectivity index (χ0n) is 7.68. The van der Waals surface area contributed by atoms with Gasteiger partial charge in [0, 0.05) is 10.0 Å². The average Bonchev–Trinajstić information content (AvgIpc) is 2.15. The second kappa shape index (κ2) is 4.40. The van der Waals surface area contributed by atoms with E-state index in [1.165, 1.54) is 25.3 Å². The highest BCUT2D eigenvalue weighted by Crippen LogP contribution is 2.38. The Labute approximate surface area is 92.8 Å². The second-order valence-corrected chi connectivity index (χ2v) is 3.75. The number of hydrogen-bond acceptors (Lipinski definition) is 2. The summed E-state index contributed by atoms with van der Waals surface area (Å²) < 4.78 is 42.0. The van der Waals surface area contributed by atoms with E-state index in [1.54, 1.807) is 0 Å². The Morgan fingerprint density at radius 3 is 2.47 bits per heavy atom. The third kappa shape index (κ3) is 2.85. The fraction of sp³-hybridized carbons (Fsp3) is 0.333. The first-order valence-corrected chi connectivity index (χ1v) is 4.73. The first kappa shape index (κ1) is 12.3. The standard InChI is InChI=1S/C9H8BrF3O2/c1-15-7-3-2-5(10)4-6(7)8(14)9(11,12)13/h2-4,8,14H,1H3/t8-/m1/s1. The van der Waals surface area contributed by atoms with Gasteiger partial charge in [0.2, 0.25) is 0 Å². The molecular weight excluding hydrogens is 277 g/mol. The molecule has 0 bridgehead atoms. The zero-order valence-corrected chi connectivity index (χ0v) is 9.26. The van der Waals surface area contributed by atoms with Crippen LogP contribution < -0.4 is 4.74 Å². The number of halogens is 4. The van der Waals surface area contributed by atoms with Gasteiger partial charge in [-0.3, -0.25) is 0 Å². The summed E-state index contributed by atoms with van der Waals surface area (Å²) in [5, 5.41) is 9.07. The van der Waals surface area contributed by atoms with Crippen LogP contribution in [-0.2, 0) is 0 Å². The Balaban J connectivity index is 3.17. The first-order chi connectivity index (χ1) is 6.86. The number of aliphatic hydroxyl groups is 1. The predicted molar refractivity (Wildman–Crippen MR) is 51.7 cm³/mol. The molecule has 0 aliphatic rings. The van der Waals surface area contributed by atoms with E-state index in [0.29, 0.717) is 4.47 Å². The molecule has 6 heteroatoms. The van der Waals surface area contributed by atoms with Gasteiger partial charge in [0.1, 0.15) is 5.75 Å². The fourth-order valence-corrected chi connectivity index (χ4v) is 1.47. The molecule has 0 saturated carbocycles. The van der Waals surface area contributed by atoms with Crippen LogP contribution in [0.4, 0.5) is 13.2 Å². The lowest BCUT2D eigenvalue weighted by Crippen LogP contribution is -2.20. The monoisotopic (exact) mass is 284 g/mol. The lowest BCUT2D eigenvalue weighted by atomic mass is 10.1. The quantitative estimate of drug-likeness (QED) is 0.905. The van der Waals surface area contributed by atoms with Crippen molar-refractivity contribution in [3.8, 4) is 5.75 Å². The number of aliphatic hydroxyl groups excluding tert-OH is 1. The van der Waals surface area contributed by atoms with Crippen molar-refractivity contribution < 1.29 is 23.0 Å². The number of alkyl halides is 3.